The van der Waals surface area contributed by atoms with Crippen molar-refractivity contribution in [2.24, 2.45) is 5.73 Å². The summed E-state index contributed by atoms with van der Waals surface area (Å²) in [6.45, 7) is -0.177. The summed E-state index contributed by atoms with van der Waals surface area (Å²) in [5, 5.41) is 8.41. The van der Waals surface area contributed by atoms with E-state index in [1.54, 1.807) is 0 Å². The van der Waals surface area contributed by atoms with Crippen molar-refractivity contribution in [3.05, 3.63) is 60.7 Å². The van der Waals surface area contributed by atoms with Gasteiger partial charge in [-0.15, -0.1) is 0 Å². The zero-order chi connectivity index (χ0) is 15.9. The van der Waals surface area contributed by atoms with Crippen LogP contribution < -0.4 is 5.73 Å². The fraction of sp³-hybridized carbons (Fsp3) is 0.250. The third-order valence-electron chi connectivity index (χ3n) is 2.89. The fourth-order valence-electron chi connectivity index (χ4n) is 1.38. The number of benzene rings is 2. The molecule has 1 atom stereocenters. The average Bonchev–Trinajstić information content (AvgIpc) is 2.48. The van der Waals surface area contributed by atoms with E-state index in [9.17, 15) is 13.2 Å². The number of nitrogens with two attached hydrogens (primary N) is 1. The van der Waals surface area contributed by atoms with E-state index >= 15 is 0 Å². The quantitative estimate of drug-likeness (QED) is 0.889. The second-order valence-corrected chi connectivity index (χ2v) is 4.71. The Morgan fingerprint density at radius 2 is 1.19 bits per heavy atom. The summed E-state index contributed by atoms with van der Waals surface area (Å²) in [4.78, 5) is 0. The predicted octanol–water partition coefficient (Wildman–Crippen LogP) is 3.61. The molecule has 0 heterocycles. The number of rotatable bonds is 2. The molecule has 3 N–H and O–H groups in total. The first-order chi connectivity index (χ1) is 9.78. The van der Waals surface area contributed by atoms with Gasteiger partial charge in [-0.3, -0.25) is 0 Å². The van der Waals surface area contributed by atoms with Gasteiger partial charge in [0.25, 0.3) is 0 Å². The summed E-state index contributed by atoms with van der Waals surface area (Å²) in [5.74, 6) is 0. The molecule has 0 saturated carbocycles. The summed E-state index contributed by atoms with van der Waals surface area (Å²) in [6, 6.07) is 20.8. The predicted molar refractivity (Wildman–Crippen MR) is 77.6 cm³/mol. The van der Waals surface area contributed by atoms with Crippen LogP contribution in [0.3, 0.4) is 0 Å². The number of alkyl halides is 3. The summed E-state index contributed by atoms with van der Waals surface area (Å²) in [5.41, 5.74) is 4.43. The van der Waals surface area contributed by atoms with E-state index in [2.05, 4.69) is 54.3 Å². The molecule has 0 amide bonds. The molecular formula is C16H18F3NO. The van der Waals surface area contributed by atoms with Gasteiger partial charge < -0.3 is 10.8 Å². The number of hydrogen-bond acceptors (Lipinski definition) is 2. The molecule has 0 aliphatic carbocycles. The summed E-state index contributed by atoms with van der Waals surface area (Å²) >= 11 is 0. The smallest absolute Gasteiger partial charge is 0.380 e. The second kappa shape index (κ2) is 7.24. The summed E-state index contributed by atoms with van der Waals surface area (Å²) in [6.07, 6.45) is -4.62. The minimum absolute atomic E-state index is 0.632. The van der Waals surface area contributed by atoms with E-state index in [0.29, 0.717) is 6.92 Å². The van der Waals surface area contributed by atoms with Crippen LogP contribution in [0.1, 0.15) is 6.92 Å². The van der Waals surface area contributed by atoms with E-state index in [0.717, 1.165) is 0 Å². The van der Waals surface area contributed by atoms with Gasteiger partial charge in [-0.2, -0.15) is 13.2 Å². The maximum Gasteiger partial charge on any atom is 0.418 e. The Balaban J connectivity index is 0.000000222. The van der Waals surface area contributed by atoms with Crippen molar-refractivity contribution < 1.29 is 18.3 Å². The maximum absolute atomic E-state index is 11.5. The highest BCUT2D eigenvalue weighted by Crippen LogP contribution is 2.28. The fourth-order valence-corrected chi connectivity index (χ4v) is 1.38. The number of hydrogen-bond donors (Lipinski definition) is 2. The SMILES string of the molecule is CC(O)(CN)C(F)(F)F.c1ccc(-c2ccccc2)cc1. The molecule has 21 heavy (non-hydrogen) atoms. The van der Waals surface area contributed by atoms with Crippen LogP contribution >= 0.6 is 0 Å². The van der Waals surface area contributed by atoms with Gasteiger partial charge in [-0.25, -0.2) is 0 Å². The minimum atomic E-state index is -4.62. The molecule has 1 unspecified atom stereocenters. The van der Waals surface area contributed by atoms with Crippen molar-refractivity contribution in [3.63, 3.8) is 0 Å². The molecule has 5 heteroatoms. The highest BCUT2D eigenvalue weighted by molar-refractivity contribution is 5.62. The molecule has 0 radical (unpaired) electrons. The average molecular weight is 297 g/mol. The number of halogens is 3. The monoisotopic (exact) mass is 297 g/mol. The standard InChI is InChI=1S/C12H10.C4H8F3NO/c1-3-7-11(8-4-1)12-9-5-2-6-10-12;1-3(9,2-8)4(5,6)7/h1-10H;9H,2,8H2,1H3. The van der Waals surface area contributed by atoms with Crippen LogP contribution in [-0.4, -0.2) is 23.4 Å². The largest absolute Gasteiger partial charge is 0.418 e. The highest BCUT2D eigenvalue weighted by Gasteiger charge is 2.48. The van der Waals surface area contributed by atoms with Crippen LogP contribution in [-0.2, 0) is 0 Å². The molecule has 2 rings (SSSR count). The first-order valence-electron chi connectivity index (χ1n) is 6.37. The van der Waals surface area contributed by atoms with E-state index < -0.39 is 18.3 Å². The molecule has 2 aromatic rings. The lowest BCUT2D eigenvalue weighted by Crippen LogP contribution is -2.48. The van der Waals surface area contributed by atoms with Gasteiger partial charge in [0.1, 0.15) is 0 Å². The summed E-state index contributed by atoms with van der Waals surface area (Å²) < 4.78 is 34.5. The van der Waals surface area contributed by atoms with Crippen molar-refractivity contribution in [3.8, 4) is 11.1 Å². The third kappa shape index (κ3) is 5.21. The zero-order valence-corrected chi connectivity index (χ0v) is 11.6. The molecule has 0 aromatic heterocycles. The molecule has 114 valence electrons. The molecule has 0 spiro atoms. The van der Waals surface area contributed by atoms with Crippen molar-refractivity contribution in [1.29, 1.82) is 0 Å². The van der Waals surface area contributed by atoms with Gasteiger partial charge in [0, 0.05) is 6.54 Å². The van der Waals surface area contributed by atoms with E-state index in [1.165, 1.54) is 11.1 Å². The summed E-state index contributed by atoms with van der Waals surface area (Å²) in [7, 11) is 0. The molecule has 0 fully saturated rings. The minimum Gasteiger partial charge on any atom is -0.380 e. The first kappa shape index (κ1) is 17.2. The van der Waals surface area contributed by atoms with Crippen LogP contribution in [0.2, 0.25) is 0 Å². The molecule has 0 aliphatic heterocycles. The lowest BCUT2D eigenvalue weighted by atomic mass is 10.1. The van der Waals surface area contributed by atoms with Crippen LogP contribution in [0, 0.1) is 0 Å². The molecule has 2 nitrogen and oxygen atoms in total. The topological polar surface area (TPSA) is 46.2 Å². The van der Waals surface area contributed by atoms with Gasteiger partial charge in [0.15, 0.2) is 5.60 Å². The van der Waals surface area contributed by atoms with Crippen LogP contribution in [0.25, 0.3) is 11.1 Å². The molecule has 2 aromatic carbocycles. The molecule has 0 aliphatic rings. The normalized spacial score (nSPS) is 13.8. The lowest BCUT2D eigenvalue weighted by molar-refractivity contribution is -0.248. The maximum atomic E-state index is 11.5. The molecular weight excluding hydrogens is 279 g/mol. The Hall–Kier alpha value is -1.85. The van der Waals surface area contributed by atoms with E-state index in [1.807, 2.05) is 12.1 Å². The number of aliphatic hydroxyl groups is 1. The van der Waals surface area contributed by atoms with E-state index in [-0.39, 0.29) is 0 Å². The van der Waals surface area contributed by atoms with Crippen LogP contribution in [0.4, 0.5) is 13.2 Å². The first-order valence-corrected chi connectivity index (χ1v) is 6.37. The van der Waals surface area contributed by atoms with Crippen LogP contribution in [0.5, 0.6) is 0 Å². The zero-order valence-electron chi connectivity index (χ0n) is 11.6. The van der Waals surface area contributed by atoms with Crippen molar-refractivity contribution in [2.75, 3.05) is 6.54 Å². The van der Waals surface area contributed by atoms with Gasteiger partial charge in [0.2, 0.25) is 0 Å². The highest BCUT2D eigenvalue weighted by atomic mass is 19.4. The van der Waals surface area contributed by atoms with Gasteiger partial charge in [0.05, 0.1) is 0 Å². The third-order valence-corrected chi connectivity index (χ3v) is 2.89. The van der Waals surface area contributed by atoms with Gasteiger partial charge in [-0.1, -0.05) is 60.7 Å². The van der Waals surface area contributed by atoms with Crippen molar-refractivity contribution in [1.82, 2.24) is 0 Å². The van der Waals surface area contributed by atoms with Crippen molar-refractivity contribution in [2.45, 2.75) is 18.7 Å². The van der Waals surface area contributed by atoms with Crippen LogP contribution in [0.15, 0.2) is 60.7 Å². The Bertz CT molecular complexity index is 487. The van der Waals surface area contributed by atoms with Crippen molar-refractivity contribution >= 4 is 0 Å². The molecule has 0 bridgehead atoms. The van der Waals surface area contributed by atoms with Gasteiger partial charge >= 0.3 is 6.18 Å². The lowest BCUT2D eigenvalue weighted by Gasteiger charge is -2.23. The van der Waals surface area contributed by atoms with Gasteiger partial charge in [-0.05, 0) is 18.1 Å². The molecule has 0 saturated heterocycles. The Morgan fingerprint density at radius 3 is 1.38 bits per heavy atom. The Morgan fingerprint density at radius 1 is 0.857 bits per heavy atom. The Kier molecular flexibility index (Phi) is 5.93. The second-order valence-electron chi connectivity index (χ2n) is 4.71. The Labute approximate surface area is 122 Å². The van der Waals surface area contributed by atoms with E-state index in [4.69, 9.17) is 5.11 Å².